The molecule has 2 aromatic rings. The Hall–Kier alpha value is -0.230. The molecule has 18 heavy (non-hydrogen) atoms. The van der Waals surface area contributed by atoms with Crippen molar-refractivity contribution >= 4 is 46.3 Å². The average Bonchev–Trinajstić information content (AvgIpc) is 2.79. The van der Waals surface area contributed by atoms with E-state index in [1.54, 1.807) is 11.8 Å². The fourth-order valence-electron chi connectivity index (χ4n) is 1.46. The molecule has 1 heterocycles. The lowest BCUT2D eigenvalue weighted by atomic mass is 10.3. The van der Waals surface area contributed by atoms with Gasteiger partial charge in [-0.05, 0) is 24.3 Å². The smallest absolute Gasteiger partial charge is 0.0931 e. The first-order valence-electron chi connectivity index (χ1n) is 5.29. The van der Waals surface area contributed by atoms with E-state index in [1.807, 2.05) is 36.4 Å². The average molecular weight is 319 g/mol. The molecule has 1 unspecified atom stereocenters. The molecule has 0 saturated carbocycles. The highest BCUT2D eigenvalue weighted by molar-refractivity contribution is 7.99. The van der Waals surface area contributed by atoms with Crippen molar-refractivity contribution < 1.29 is 0 Å². The highest BCUT2D eigenvalue weighted by atomic mass is 35.5. The number of hydrogen-bond donors (Lipinski definition) is 2. The van der Waals surface area contributed by atoms with Crippen molar-refractivity contribution in [1.82, 2.24) is 5.43 Å². The Labute approximate surface area is 124 Å². The Bertz CT molecular complexity index is 516. The van der Waals surface area contributed by atoms with E-state index in [-0.39, 0.29) is 6.04 Å². The van der Waals surface area contributed by atoms with Crippen LogP contribution in [0.3, 0.4) is 0 Å². The van der Waals surface area contributed by atoms with E-state index >= 15 is 0 Å². The minimum Gasteiger partial charge on any atom is -0.271 e. The van der Waals surface area contributed by atoms with Gasteiger partial charge < -0.3 is 0 Å². The topological polar surface area (TPSA) is 38.0 Å². The van der Waals surface area contributed by atoms with Crippen LogP contribution in [0.4, 0.5) is 0 Å². The zero-order chi connectivity index (χ0) is 13.0. The van der Waals surface area contributed by atoms with E-state index in [0.717, 1.165) is 24.9 Å². The first kappa shape index (κ1) is 14.2. The maximum absolute atomic E-state index is 6.11. The van der Waals surface area contributed by atoms with Crippen LogP contribution in [0.1, 0.15) is 10.9 Å². The van der Waals surface area contributed by atoms with Gasteiger partial charge in [0.15, 0.2) is 0 Å². The molecule has 0 spiro atoms. The van der Waals surface area contributed by atoms with Gasteiger partial charge in [0.2, 0.25) is 0 Å². The summed E-state index contributed by atoms with van der Waals surface area (Å²) in [6, 6.07) is 11.7. The van der Waals surface area contributed by atoms with Crippen molar-refractivity contribution in [3.05, 3.63) is 50.6 Å². The predicted octanol–water partition coefficient (Wildman–Crippen LogP) is 4.35. The number of hydrazine groups is 1. The second kappa shape index (κ2) is 6.80. The van der Waals surface area contributed by atoms with Crippen molar-refractivity contribution in [3.8, 4) is 0 Å². The van der Waals surface area contributed by atoms with E-state index in [4.69, 9.17) is 29.0 Å². The van der Waals surface area contributed by atoms with E-state index in [9.17, 15) is 0 Å². The number of thiophene rings is 1. The Kier molecular flexibility index (Phi) is 5.36. The van der Waals surface area contributed by atoms with Gasteiger partial charge in [-0.3, -0.25) is 11.3 Å². The minimum absolute atomic E-state index is 0.0729. The normalized spacial score (nSPS) is 12.6. The summed E-state index contributed by atoms with van der Waals surface area (Å²) in [5, 5.41) is 0.766. The molecule has 0 fully saturated rings. The SMILES string of the molecule is NNC(CSc1ccccc1Cl)c1ccc(Cl)s1. The Balaban J connectivity index is 2.02. The minimum atomic E-state index is 0.0729. The molecule has 2 nitrogen and oxygen atoms in total. The van der Waals surface area contributed by atoms with Gasteiger partial charge in [-0.25, -0.2) is 0 Å². The molecule has 1 aromatic heterocycles. The maximum atomic E-state index is 6.11. The molecule has 0 aliphatic heterocycles. The highest BCUT2D eigenvalue weighted by Gasteiger charge is 2.13. The predicted molar refractivity (Wildman–Crippen MR) is 81.6 cm³/mol. The Morgan fingerprint density at radius 3 is 2.61 bits per heavy atom. The summed E-state index contributed by atoms with van der Waals surface area (Å²) in [6.07, 6.45) is 0. The monoisotopic (exact) mass is 318 g/mol. The molecule has 0 saturated heterocycles. The second-order valence-electron chi connectivity index (χ2n) is 3.60. The van der Waals surface area contributed by atoms with Crippen LogP contribution in [0.5, 0.6) is 0 Å². The summed E-state index contributed by atoms with van der Waals surface area (Å²) in [5.41, 5.74) is 2.81. The molecule has 6 heteroatoms. The standard InChI is InChI=1S/C12H12Cl2N2S2/c13-8-3-1-2-4-10(8)17-7-9(16-15)11-5-6-12(14)18-11/h1-6,9,16H,7,15H2. The van der Waals surface area contributed by atoms with Crippen LogP contribution in [0.15, 0.2) is 41.3 Å². The van der Waals surface area contributed by atoms with Crippen LogP contribution in [-0.2, 0) is 0 Å². The van der Waals surface area contributed by atoms with Gasteiger partial charge >= 0.3 is 0 Å². The van der Waals surface area contributed by atoms with Crippen molar-refractivity contribution in [3.63, 3.8) is 0 Å². The van der Waals surface area contributed by atoms with Gasteiger partial charge in [0.05, 0.1) is 15.4 Å². The number of nitrogens with two attached hydrogens (primary N) is 1. The summed E-state index contributed by atoms with van der Waals surface area (Å²) < 4.78 is 0.771. The van der Waals surface area contributed by atoms with Gasteiger partial charge in [0.1, 0.15) is 0 Å². The lowest BCUT2D eigenvalue weighted by Gasteiger charge is -2.14. The first-order valence-corrected chi connectivity index (χ1v) is 7.85. The van der Waals surface area contributed by atoms with E-state index in [1.165, 1.54) is 11.3 Å². The lowest BCUT2D eigenvalue weighted by Crippen LogP contribution is -2.29. The van der Waals surface area contributed by atoms with Crippen molar-refractivity contribution in [2.24, 2.45) is 5.84 Å². The lowest BCUT2D eigenvalue weighted by molar-refractivity contribution is 0.620. The summed E-state index contributed by atoms with van der Waals surface area (Å²) in [7, 11) is 0. The number of benzene rings is 1. The highest BCUT2D eigenvalue weighted by Crippen LogP contribution is 2.33. The largest absolute Gasteiger partial charge is 0.271 e. The Morgan fingerprint density at radius 1 is 1.22 bits per heavy atom. The quantitative estimate of drug-likeness (QED) is 0.489. The number of hydrogen-bond acceptors (Lipinski definition) is 4. The number of thioether (sulfide) groups is 1. The van der Waals surface area contributed by atoms with Crippen molar-refractivity contribution in [2.45, 2.75) is 10.9 Å². The number of halogens is 2. The van der Waals surface area contributed by atoms with Gasteiger partial charge in [-0.15, -0.1) is 23.1 Å². The molecule has 96 valence electrons. The van der Waals surface area contributed by atoms with Crippen LogP contribution in [0.25, 0.3) is 0 Å². The van der Waals surface area contributed by atoms with Crippen molar-refractivity contribution in [1.29, 1.82) is 0 Å². The molecule has 0 bridgehead atoms. The molecule has 2 rings (SSSR count). The van der Waals surface area contributed by atoms with Crippen LogP contribution < -0.4 is 11.3 Å². The molecule has 1 aromatic carbocycles. The van der Waals surface area contributed by atoms with Crippen LogP contribution in [0, 0.1) is 0 Å². The van der Waals surface area contributed by atoms with E-state index in [0.29, 0.717) is 0 Å². The third kappa shape index (κ3) is 3.63. The second-order valence-corrected chi connectivity index (χ2v) is 6.82. The first-order chi connectivity index (χ1) is 8.70. The Morgan fingerprint density at radius 2 is 2.00 bits per heavy atom. The molecular formula is C12H12Cl2N2S2. The fourth-order valence-corrected chi connectivity index (χ4v) is 3.99. The molecule has 0 aliphatic carbocycles. The molecule has 0 amide bonds. The van der Waals surface area contributed by atoms with Crippen LogP contribution in [-0.4, -0.2) is 5.75 Å². The third-order valence-electron chi connectivity index (χ3n) is 2.38. The third-order valence-corrected chi connectivity index (χ3v) is 5.33. The maximum Gasteiger partial charge on any atom is 0.0931 e. The number of nitrogens with one attached hydrogen (secondary N) is 1. The van der Waals surface area contributed by atoms with Gasteiger partial charge in [-0.2, -0.15) is 0 Å². The molecule has 0 aliphatic rings. The zero-order valence-corrected chi connectivity index (χ0v) is 12.5. The van der Waals surface area contributed by atoms with Crippen molar-refractivity contribution in [2.75, 3.05) is 5.75 Å². The van der Waals surface area contributed by atoms with Crippen LogP contribution >= 0.6 is 46.3 Å². The fraction of sp³-hybridized carbons (Fsp3) is 0.167. The summed E-state index contributed by atoms with van der Waals surface area (Å²) in [4.78, 5) is 2.18. The van der Waals surface area contributed by atoms with Gasteiger partial charge in [0.25, 0.3) is 0 Å². The van der Waals surface area contributed by atoms with E-state index in [2.05, 4.69) is 5.43 Å². The van der Waals surface area contributed by atoms with Crippen LogP contribution in [0.2, 0.25) is 9.36 Å². The summed E-state index contributed by atoms with van der Waals surface area (Å²) in [6.45, 7) is 0. The van der Waals surface area contributed by atoms with Gasteiger partial charge in [-0.1, -0.05) is 35.3 Å². The zero-order valence-electron chi connectivity index (χ0n) is 9.40. The number of rotatable bonds is 5. The molecule has 0 radical (unpaired) electrons. The molecule has 1 atom stereocenters. The van der Waals surface area contributed by atoms with Gasteiger partial charge in [0, 0.05) is 15.5 Å². The summed E-state index contributed by atoms with van der Waals surface area (Å²) in [5.74, 6) is 6.39. The molecule has 3 N–H and O–H groups in total. The summed E-state index contributed by atoms with van der Waals surface area (Å²) >= 11 is 15.2. The van der Waals surface area contributed by atoms with E-state index < -0.39 is 0 Å². The molecular weight excluding hydrogens is 307 g/mol.